The highest BCUT2D eigenvalue weighted by atomic mass is 16.5. The Bertz CT molecular complexity index is 381. The molecule has 1 aliphatic rings. The molecule has 3 heteroatoms. The molecule has 0 aliphatic carbocycles. The molecule has 1 aromatic carbocycles. The Morgan fingerprint density at radius 3 is 3.00 bits per heavy atom. The summed E-state index contributed by atoms with van der Waals surface area (Å²) in [5, 5.41) is 0. The second-order valence-electron chi connectivity index (χ2n) is 5.15. The van der Waals surface area contributed by atoms with Crippen LogP contribution in [0.5, 0.6) is 5.75 Å². The first-order valence-electron chi connectivity index (χ1n) is 6.70. The number of hydrogen-bond donors (Lipinski definition) is 0. The Balaban J connectivity index is 1.77. The quantitative estimate of drug-likeness (QED) is 0.818. The largest absolute Gasteiger partial charge is 0.492 e. The van der Waals surface area contributed by atoms with E-state index in [1.165, 1.54) is 5.56 Å². The number of rotatable bonds is 4. The lowest BCUT2D eigenvalue weighted by Gasteiger charge is -2.36. The summed E-state index contributed by atoms with van der Waals surface area (Å²) in [6, 6.07) is 8.69. The maximum absolute atomic E-state index is 5.79. The molecule has 0 aromatic heterocycles. The average molecular weight is 249 g/mol. The third-order valence-corrected chi connectivity index (χ3v) is 3.37. The molecule has 2 unspecified atom stereocenters. The second kappa shape index (κ2) is 6.21. The normalized spacial score (nSPS) is 25.1. The van der Waals surface area contributed by atoms with E-state index < -0.39 is 0 Å². The van der Waals surface area contributed by atoms with Gasteiger partial charge in [-0.2, -0.15) is 0 Å². The van der Waals surface area contributed by atoms with Crippen LogP contribution in [0.2, 0.25) is 0 Å². The smallest absolute Gasteiger partial charge is 0.119 e. The lowest BCUT2D eigenvalue weighted by molar-refractivity contribution is -0.0522. The van der Waals surface area contributed by atoms with Gasteiger partial charge in [0.2, 0.25) is 0 Å². The molecular weight excluding hydrogens is 226 g/mol. The summed E-state index contributed by atoms with van der Waals surface area (Å²) in [6.07, 6.45) is 0.333. The van der Waals surface area contributed by atoms with E-state index >= 15 is 0 Å². The van der Waals surface area contributed by atoms with Gasteiger partial charge < -0.3 is 9.47 Å². The van der Waals surface area contributed by atoms with Gasteiger partial charge in [0.05, 0.1) is 12.7 Å². The molecule has 0 amide bonds. The van der Waals surface area contributed by atoms with E-state index in [9.17, 15) is 0 Å². The molecule has 3 nitrogen and oxygen atoms in total. The van der Waals surface area contributed by atoms with Gasteiger partial charge in [-0.25, -0.2) is 0 Å². The van der Waals surface area contributed by atoms with E-state index in [4.69, 9.17) is 9.47 Å². The molecule has 0 N–H and O–H groups in total. The predicted molar refractivity (Wildman–Crippen MR) is 73.1 cm³/mol. The highest BCUT2D eigenvalue weighted by Gasteiger charge is 2.22. The van der Waals surface area contributed by atoms with E-state index in [0.29, 0.717) is 12.1 Å². The van der Waals surface area contributed by atoms with Crippen molar-refractivity contribution in [3.63, 3.8) is 0 Å². The van der Waals surface area contributed by atoms with Crippen molar-refractivity contribution in [3.05, 3.63) is 29.8 Å². The molecule has 0 radical (unpaired) electrons. The van der Waals surface area contributed by atoms with Crippen molar-refractivity contribution < 1.29 is 9.47 Å². The van der Waals surface area contributed by atoms with Gasteiger partial charge in [0.25, 0.3) is 0 Å². The van der Waals surface area contributed by atoms with E-state index in [1.54, 1.807) is 0 Å². The maximum Gasteiger partial charge on any atom is 0.119 e. The van der Waals surface area contributed by atoms with Crippen LogP contribution in [0.1, 0.15) is 19.4 Å². The van der Waals surface area contributed by atoms with Gasteiger partial charge in [-0.15, -0.1) is 0 Å². The zero-order chi connectivity index (χ0) is 13.0. The summed E-state index contributed by atoms with van der Waals surface area (Å²) in [6.45, 7) is 9.94. The fourth-order valence-electron chi connectivity index (χ4n) is 2.27. The number of ether oxygens (including phenoxy) is 2. The number of hydrogen-bond acceptors (Lipinski definition) is 3. The van der Waals surface area contributed by atoms with Crippen molar-refractivity contribution in [3.8, 4) is 5.75 Å². The van der Waals surface area contributed by atoms with Crippen molar-refractivity contribution >= 4 is 0 Å². The second-order valence-corrected chi connectivity index (χ2v) is 5.15. The van der Waals surface area contributed by atoms with Crippen LogP contribution in [-0.4, -0.2) is 43.3 Å². The Labute approximate surface area is 110 Å². The summed E-state index contributed by atoms with van der Waals surface area (Å²) < 4.78 is 11.4. The Kier molecular flexibility index (Phi) is 4.61. The van der Waals surface area contributed by atoms with Crippen molar-refractivity contribution in [2.24, 2.45) is 0 Å². The van der Waals surface area contributed by atoms with Gasteiger partial charge in [-0.1, -0.05) is 12.1 Å². The zero-order valence-corrected chi connectivity index (χ0v) is 11.6. The van der Waals surface area contributed by atoms with Gasteiger partial charge in [-0.05, 0) is 38.5 Å². The highest BCUT2D eigenvalue weighted by Crippen LogP contribution is 2.14. The average Bonchev–Trinajstić information content (AvgIpc) is 2.34. The molecule has 100 valence electrons. The minimum Gasteiger partial charge on any atom is -0.492 e. The lowest BCUT2D eigenvalue weighted by atomic mass is 10.2. The molecule has 1 fully saturated rings. The standard InChI is InChI=1S/C15H23NO2/c1-12-5-4-6-15(9-12)17-8-7-16-10-14(3)18-11-13(16)2/h4-6,9,13-14H,7-8,10-11H2,1-3H3. The molecule has 1 aromatic rings. The number of nitrogens with zero attached hydrogens (tertiary/aromatic N) is 1. The highest BCUT2D eigenvalue weighted by molar-refractivity contribution is 5.27. The Hall–Kier alpha value is -1.06. The van der Waals surface area contributed by atoms with Crippen LogP contribution in [0.25, 0.3) is 0 Å². The minimum absolute atomic E-state index is 0.333. The molecule has 0 saturated carbocycles. The monoisotopic (exact) mass is 249 g/mol. The van der Waals surface area contributed by atoms with Gasteiger partial charge in [0.1, 0.15) is 12.4 Å². The summed E-state index contributed by atoms with van der Waals surface area (Å²) >= 11 is 0. The molecule has 0 spiro atoms. The molecule has 1 heterocycles. The third kappa shape index (κ3) is 3.72. The summed E-state index contributed by atoms with van der Waals surface area (Å²) in [5.74, 6) is 0.962. The maximum atomic E-state index is 5.79. The van der Waals surface area contributed by atoms with Crippen LogP contribution in [-0.2, 0) is 4.74 Å². The summed E-state index contributed by atoms with van der Waals surface area (Å²) in [7, 11) is 0. The molecular formula is C15H23NO2. The number of benzene rings is 1. The minimum atomic E-state index is 0.333. The Morgan fingerprint density at radius 1 is 1.39 bits per heavy atom. The number of aryl methyl sites for hydroxylation is 1. The van der Waals surface area contributed by atoms with Crippen LogP contribution in [0.15, 0.2) is 24.3 Å². The van der Waals surface area contributed by atoms with Crippen molar-refractivity contribution in [1.82, 2.24) is 4.90 Å². The van der Waals surface area contributed by atoms with Gasteiger partial charge in [0.15, 0.2) is 0 Å². The SMILES string of the molecule is Cc1cccc(OCCN2CC(C)OCC2C)c1. The number of morpholine rings is 1. The molecule has 18 heavy (non-hydrogen) atoms. The van der Waals surface area contributed by atoms with Crippen LogP contribution < -0.4 is 4.74 Å². The van der Waals surface area contributed by atoms with E-state index in [-0.39, 0.29) is 0 Å². The zero-order valence-electron chi connectivity index (χ0n) is 11.6. The lowest BCUT2D eigenvalue weighted by Crippen LogP contribution is -2.48. The fourth-order valence-corrected chi connectivity index (χ4v) is 2.27. The fraction of sp³-hybridized carbons (Fsp3) is 0.600. The van der Waals surface area contributed by atoms with Gasteiger partial charge in [0, 0.05) is 19.1 Å². The molecule has 2 atom stereocenters. The van der Waals surface area contributed by atoms with Crippen molar-refractivity contribution in [2.75, 3.05) is 26.3 Å². The first-order valence-corrected chi connectivity index (χ1v) is 6.70. The van der Waals surface area contributed by atoms with E-state index in [2.05, 4.69) is 37.8 Å². The summed E-state index contributed by atoms with van der Waals surface area (Å²) in [5.41, 5.74) is 1.24. The van der Waals surface area contributed by atoms with E-state index in [0.717, 1.165) is 32.1 Å². The van der Waals surface area contributed by atoms with Crippen molar-refractivity contribution in [2.45, 2.75) is 32.9 Å². The first kappa shape index (κ1) is 13.4. The van der Waals surface area contributed by atoms with Crippen LogP contribution in [0.3, 0.4) is 0 Å². The molecule has 1 aliphatic heterocycles. The Morgan fingerprint density at radius 2 is 2.22 bits per heavy atom. The molecule has 1 saturated heterocycles. The predicted octanol–water partition coefficient (Wildman–Crippen LogP) is 2.48. The van der Waals surface area contributed by atoms with Crippen LogP contribution in [0, 0.1) is 6.92 Å². The van der Waals surface area contributed by atoms with Crippen molar-refractivity contribution in [1.29, 1.82) is 0 Å². The third-order valence-electron chi connectivity index (χ3n) is 3.37. The molecule has 2 rings (SSSR count). The summed E-state index contributed by atoms with van der Waals surface area (Å²) in [4.78, 5) is 2.43. The van der Waals surface area contributed by atoms with Crippen LogP contribution in [0.4, 0.5) is 0 Å². The topological polar surface area (TPSA) is 21.7 Å². The first-order chi connectivity index (χ1) is 8.65. The van der Waals surface area contributed by atoms with Crippen LogP contribution >= 0.6 is 0 Å². The van der Waals surface area contributed by atoms with Gasteiger partial charge >= 0.3 is 0 Å². The van der Waals surface area contributed by atoms with E-state index in [1.807, 2.05) is 12.1 Å². The molecule has 0 bridgehead atoms. The van der Waals surface area contributed by atoms with Gasteiger partial charge in [-0.3, -0.25) is 4.90 Å².